The fourth-order valence-electron chi connectivity index (χ4n) is 2.97. The average Bonchev–Trinajstić information content (AvgIpc) is 3.08. The molecule has 0 aromatic rings. The lowest BCUT2D eigenvalue weighted by molar-refractivity contribution is -0.139. The quantitative estimate of drug-likeness (QED) is 0.796. The monoisotopic (exact) mass is 238 g/mol. The van der Waals surface area contributed by atoms with E-state index in [9.17, 15) is 4.79 Å². The molecule has 1 heterocycles. The first kappa shape index (κ1) is 12.9. The van der Waals surface area contributed by atoms with E-state index in [-0.39, 0.29) is 6.04 Å². The van der Waals surface area contributed by atoms with Crippen LogP contribution in [0.1, 0.15) is 52.9 Å². The Morgan fingerprint density at radius 1 is 1.35 bits per heavy atom. The van der Waals surface area contributed by atoms with E-state index in [1.165, 1.54) is 12.8 Å². The molecular weight excluding hydrogens is 212 g/mol. The molecule has 1 amide bonds. The third-order valence-corrected chi connectivity index (χ3v) is 4.08. The van der Waals surface area contributed by atoms with Crippen LogP contribution in [0.15, 0.2) is 0 Å². The summed E-state index contributed by atoms with van der Waals surface area (Å²) >= 11 is 0. The van der Waals surface area contributed by atoms with E-state index in [0.717, 1.165) is 25.8 Å². The van der Waals surface area contributed by atoms with Crippen LogP contribution < -0.4 is 5.32 Å². The van der Waals surface area contributed by atoms with Crippen LogP contribution in [0.2, 0.25) is 0 Å². The number of amides is 1. The van der Waals surface area contributed by atoms with Crippen LogP contribution in [0.4, 0.5) is 0 Å². The molecule has 1 aliphatic heterocycles. The summed E-state index contributed by atoms with van der Waals surface area (Å²) in [5.74, 6) is 0.910. The highest BCUT2D eigenvalue weighted by Gasteiger charge is 2.36. The van der Waals surface area contributed by atoms with Crippen LogP contribution in [0, 0.1) is 5.92 Å². The summed E-state index contributed by atoms with van der Waals surface area (Å²) in [6, 6.07) is 1.15. The largest absolute Gasteiger partial charge is 0.338 e. The van der Waals surface area contributed by atoms with Crippen molar-refractivity contribution in [3.05, 3.63) is 0 Å². The molecule has 2 unspecified atom stereocenters. The van der Waals surface area contributed by atoms with Gasteiger partial charge >= 0.3 is 0 Å². The van der Waals surface area contributed by atoms with Crippen molar-refractivity contribution in [3.8, 4) is 0 Å². The van der Waals surface area contributed by atoms with Crippen LogP contribution in [-0.4, -0.2) is 35.5 Å². The minimum Gasteiger partial charge on any atom is -0.338 e. The number of likely N-dealkylation sites (tertiary alicyclic amines) is 1. The molecule has 3 nitrogen and oxygen atoms in total. The third kappa shape index (κ3) is 3.01. The molecule has 2 rings (SSSR count). The van der Waals surface area contributed by atoms with E-state index in [2.05, 4.69) is 31.0 Å². The van der Waals surface area contributed by atoms with Gasteiger partial charge in [0.15, 0.2) is 0 Å². The first-order valence-corrected chi connectivity index (χ1v) is 7.20. The molecule has 1 N–H and O–H groups in total. The smallest absolute Gasteiger partial charge is 0.239 e. The molecule has 0 bridgehead atoms. The average molecular weight is 238 g/mol. The molecule has 1 saturated carbocycles. The Morgan fingerprint density at radius 2 is 2.06 bits per heavy atom. The van der Waals surface area contributed by atoms with Gasteiger partial charge in [-0.25, -0.2) is 0 Å². The molecule has 1 saturated heterocycles. The first-order chi connectivity index (χ1) is 8.13. The zero-order valence-electron chi connectivity index (χ0n) is 11.4. The second kappa shape index (κ2) is 5.38. The summed E-state index contributed by atoms with van der Waals surface area (Å²) < 4.78 is 0. The molecule has 98 valence electrons. The molecule has 2 atom stereocenters. The van der Waals surface area contributed by atoms with Gasteiger partial charge in [-0.3, -0.25) is 4.79 Å². The van der Waals surface area contributed by atoms with Crippen molar-refractivity contribution in [2.45, 2.75) is 71.0 Å². The van der Waals surface area contributed by atoms with Crippen LogP contribution in [0.25, 0.3) is 0 Å². The predicted molar refractivity (Wildman–Crippen MR) is 69.8 cm³/mol. The van der Waals surface area contributed by atoms with Crippen molar-refractivity contribution >= 4 is 5.91 Å². The van der Waals surface area contributed by atoms with Crippen LogP contribution in [0.5, 0.6) is 0 Å². The third-order valence-electron chi connectivity index (χ3n) is 4.08. The van der Waals surface area contributed by atoms with Crippen molar-refractivity contribution in [1.29, 1.82) is 0 Å². The molecule has 3 heteroatoms. The number of nitrogens with zero attached hydrogens (tertiary/aromatic N) is 1. The van der Waals surface area contributed by atoms with Crippen molar-refractivity contribution in [2.75, 3.05) is 6.54 Å². The fourth-order valence-corrected chi connectivity index (χ4v) is 2.97. The Balaban J connectivity index is 1.98. The highest BCUT2D eigenvalue weighted by atomic mass is 16.2. The zero-order chi connectivity index (χ0) is 12.4. The van der Waals surface area contributed by atoms with Gasteiger partial charge < -0.3 is 10.2 Å². The van der Waals surface area contributed by atoms with Gasteiger partial charge in [-0.05, 0) is 38.0 Å². The van der Waals surface area contributed by atoms with Gasteiger partial charge in [-0.15, -0.1) is 0 Å². The maximum atomic E-state index is 12.5. The van der Waals surface area contributed by atoms with Gasteiger partial charge in [-0.2, -0.15) is 0 Å². The molecule has 0 aromatic carbocycles. The number of hydrogen-bond donors (Lipinski definition) is 1. The number of carbonyl (C=O) groups is 1. The molecule has 0 aromatic heterocycles. The van der Waals surface area contributed by atoms with E-state index in [1.54, 1.807) is 0 Å². The van der Waals surface area contributed by atoms with E-state index in [1.807, 2.05) is 0 Å². The number of hydrogen-bond acceptors (Lipinski definition) is 2. The van der Waals surface area contributed by atoms with E-state index < -0.39 is 0 Å². The van der Waals surface area contributed by atoms with Gasteiger partial charge in [0.05, 0.1) is 6.04 Å². The lowest BCUT2D eigenvalue weighted by Crippen LogP contribution is -2.55. The Bertz CT molecular complexity index is 273. The van der Waals surface area contributed by atoms with Gasteiger partial charge in [0.1, 0.15) is 0 Å². The number of carbonyl (C=O) groups excluding carboxylic acids is 1. The molecule has 2 fully saturated rings. The van der Waals surface area contributed by atoms with E-state index in [4.69, 9.17) is 0 Å². The Hall–Kier alpha value is -0.570. The summed E-state index contributed by atoms with van der Waals surface area (Å²) in [7, 11) is 0. The van der Waals surface area contributed by atoms with Crippen LogP contribution in [0.3, 0.4) is 0 Å². The van der Waals surface area contributed by atoms with Gasteiger partial charge in [0.2, 0.25) is 5.91 Å². The molecular formula is C14H26N2O. The lowest BCUT2D eigenvalue weighted by atomic mass is 9.95. The normalized spacial score (nSPS) is 27.6. The summed E-state index contributed by atoms with van der Waals surface area (Å²) in [5, 5.41) is 3.50. The van der Waals surface area contributed by atoms with Crippen LogP contribution in [-0.2, 0) is 4.79 Å². The Labute approximate surface area is 105 Å². The standard InChI is InChI=1S/C14H26N2O/c1-4-13(10(2)3)16-9-5-6-12(14(16)17)15-11-7-8-11/h10-13,15H,4-9H2,1-3H3. The van der Waals surface area contributed by atoms with E-state index >= 15 is 0 Å². The number of nitrogens with one attached hydrogen (secondary N) is 1. The zero-order valence-corrected chi connectivity index (χ0v) is 11.4. The van der Waals surface area contributed by atoms with Crippen LogP contribution >= 0.6 is 0 Å². The minimum absolute atomic E-state index is 0.101. The molecule has 0 radical (unpaired) electrons. The Kier molecular flexibility index (Phi) is 4.08. The SMILES string of the molecule is CCC(C(C)C)N1CCCC(NC2CC2)C1=O. The second-order valence-corrected chi connectivity index (χ2v) is 5.89. The predicted octanol–water partition coefficient (Wildman–Crippen LogP) is 2.16. The fraction of sp³-hybridized carbons (Fsp3) is 0.929. The van der Waals surface area contributed by atoms with Crippen molar-refractivity contribution in [2.24, 2.45) is 5.92 Å². The van der Waals surface area contributed by atoms with Crippen molar-refractivity contribution < 1.29 is 4.79 Å². The lowest BCUT2D eigenvalue weighted by Gasteiger charge is -2.40. The van der Waals surface area contributed by atoms with Crippen molar-refractivity contribution in [1.82, 2.24) is 10.2 Å². The maximum absolute atomic E-state index is 12.5. The first-order valence-electron chi connectivity index (χ1n) is 7.20. The number of piperidine rings is 1. The highest BCUT2D eigenvalue weighted by Crippen LogP contribution is 2.25. The molecule has 2 aliphatic rings. The van der Waals surface area contributed by atoms with Gasteiger partial charge in [-0.1, -0.05) is 20.8 Å². The topological polar surface area (TPSA) is 32.3 Å². The summed E-state index contributed by atoms with van der Waals surface area (Å²) in [6.07, 6.45) is 5.76. The molecule has 0 spiro atoms. The van der Waals surface area contributed by atoms with Crippen molar-refractivity contribution in [3.63, 3.8) is 0 Å². The highest BCUT2D eigenvalue weighted by molar-refractivity contribution is 5.83. The van der Waals surface area contributed by atoms with Gasteiger partial charge in [0.25, 0.3) is 0 Å². The Morgan fingerprint density at radius 3 is 2.59 bits per heavy atom. The summed E-state index contributed by atoms with van der Waals surface area (Å²) in [6.45, 7) is 7.59. The summed E-state index contributed by atoms with van der Waals surface area (Å²) in [5.41, 5.74) is 0. The second-order valence-electron chi connectivity index (χ2n) is 5.89. The number of rotatable bonds is 5. The minimum atomic E-state index is 0.101. The maximum Gasteiger partial charge on any atom is 0.239 e. The van der Waals surface area contributed by atoms with E-state index in [0.29, 0.717) is 23.9 Å². The molecule has 17 heavy (non-hydrogen) atoms. The summed E-state index contributed by atoms with van der Waals surface area (Å²) in [4.78, 5) is 14.6. The molecule has 1 aliphatic carbocycles. The van der Waals surface area contributed by atoms with Gasteiger partial charge in [0, 0.05) is 18.6 Å².